The number of nitrogens with one attached hydrogen (secondary N) is 1. The number of thiophene rings is 1. The van der Waals surface area contributed by atoms with Crippen molar-refractivity contribution in [3.8, 4) is 0 Å². The molecule has 0 saturated carbocycles. The monoisotopic (exact) mass is 252 g/mol. The summed E-state index contributed by atoms with van der Waals surface area (Å²) in [4.78, 5) is 16.4. The number of amides is 1. The van der Waals surface area contributed by atoms with Crippen molar-refractivity contribution in [2.24, 2.45) is 0 Å². The Kier molecular flexibility index (Phi) is 4.18. The molecule has 1 amide bonds. The van der Waals surface area contributed by atoms with Crippen molar-refractivity contribution >= 4 is 17.2 Å². The highest BCUT2D eigenvalue weighted by Crippen LogP contribution is 2.20. The normalized spacial score (nSPS) is 15.5. The lowest BCUT2D eigenvalue weighted by atomic mass is 10.3. The summed E-state index contributed by atoms with van der Waals surface area (Å²) < 4.78 is 0. The molecule has 1 aromatic rings. The lowest BCUT2D eigenvalue weighted by Crippen LogP contribution is -2.35. The predicted octanol–water partition coefficient (Wildman–Crippen LogP) is 2.08. The van der Waals surface area contributed by atoms with Crippen LogP contribution in [0.5, 0.6) is 0 Å². The van der Waals surface area contributed by atoms with Crippen LogP contribution in [0.2, 0.25) is 0 Å². The second-order valence-electron chi connectivity index (χ2n) is 4.64. The summed E-state index contributed by atoms with van der Waals surface area (Å²) in [6.45, 7) is 7.42. The summed E-state index contributed by atoms with van der Waals surface area (Å²) in [5, 5.41) is 3.24. The second kappa shape index (κ2) is 5.65. The van der Waals surface area contributed by atoms with E-state index in [0.717, 1.165) is 32.5 Å². The van der Waals surface area contributed by atoms with Gasteiger partial charge in [0.1, 0.15) is 0 Å². The van der Waals surface area contributed by atoms with Crippen LogP contribution in [-0.4, -0.2) is 30.4 Å². The van der Waals surface area contributed by atoms with E-state index in [4.69, 9.17) is 0 Å². The van der Waals surface area contributed by atoms with Crippen molar-refractivity contribution < 1.29 is 4.79 Å². The van der Waals surface area contributed by atoms with Gasteiger partial charge in [-0.1, -0.05) is 0 Å². The van der Waals surface area contributed by atoms with Gasteiger partial charge >= 0.3 is 0 Å². The van der Waals surface area contributed by atoms with Crippen LogP contribution in [-0.2, 0) is 11.3 Å². The standard InChI is InChI=1S/C13H20N2OS/c1-10-7-12(17-11(10)2)8-14-9-13(16)15-5-3-4-6-15/h7,14H,3-6,8-9H2,1-2H3. The molecular formula is C13H20N2OS. The zero-order chi connectivity index (χ0) is 12.3. The molecule has 1 aliphatic heterocycles. The Labute approximate surface area is 107 Å². The molecule has 0 unspecified atom stereocenters. The number of carbonyl (C=O) groups excluding carboxylic acids is 1. The molecular weight excluding hydrogens is 232 g/mol. The first-order valence-corrected chi connectivity index (χ1v) is 7.03. The van der Waals surface area contributed by atoms with Gasteiger partial charge in [0.25, 0.3) is 0 Å². The van der Waals surface area contributed by atoms with E-state index in [-0.39, 0.29) is 5.91 Å². The molecule has 1 saturated heterocycles. The minimum absolute atomic E-state index is 0.243. The van der Waals surface area contributed by atoms with E-state index in [1.54, 1.807) is 0 Å². The van der Waals surface area contributed by atoms with Gasteiger partial charge in [0.15, 0.2) is 0 Å². The van der Waals surface area contributed by atoms with Crippen molar-refractivity contribution in [3.63, 3.8) is 0 Å². The second-order valence-corrected chi connectivity index (χ2v) is 5.98. The summed E-state index contributed by atoms with van der Waals surface area (Å²) >= 11 is 1.81. The highest BCUT2D eigenvalue weighted by atomic mass is 32.1. The van der Waals surface area contributed by atoms with E-state index in [0.29, 0.717) is 6.54 Å². The smallest absolute Gasteiger partial charge is 0.236 e. The van der Waals surface area contributed by atoms with Gasteiger partial charge in [0.2, 0.25) is 5.91 Å². The summed E-state index contributed by atoms with van der Waals surface area (Å²) in [6.07, 6.45) is 2.32. The molecule has 1 aliphatic rings. The van der Waals surface area contributed by atoms with Crippen LogP contribution >= 0.6 is 11.3 Å². The van der Waals surface area contributed by atoms with Gasteiger partial charge in [-0.05, 0) is 38.3 Å². The molecule has 0 atom stereocenters. The third kappa shape index (κ3) is 3.30. The van der Waals surface area contributed by atoms with Crippen molar-refractivity contribution in [2.75, 3.05) is 19.6 Å². The van der Waals surface area contributed by atoms with Gasteiger partial charge in [-0.2, -0.15) is 0 Å². The SMILES string of the molecule is Cc1cc(CNCC(=O)N2CCCC2)sc1C. The minimum Gasteiger partial charge on any atom is -0.342 e. The Bertz CT molecular complexity index is 375. The number of likely N-dealkylation sites (tertiary alicyclic amines) is 1. The average Bonchev–Trinajstić information content (AvgIpc) is 2.90. The number of carbonyl (C=O) groups is 1. The largest absolute Gasteiger partial charge is 0.342 e. The number of hydrogen-bond acceptors (Lipinski definition) is 3. The van der Waals surface area contributed by atoms with Crippen LogP contribution in [0.4, 0.5) is 0 Å². The van der Waals surface area contributed by atoms with E-state index in [9.17, 15) is 4.79 Å². The third-order valence-electron chi connectivity index (χ3n) is 3.25. The van der Waals surface area contributed by atoms with Crippen LogP contribution in [0.25, 0.3) is 0 Å². The summed E-state index contributed by atoms with van der Waals surface area (Å²) in [5.41, 5.74) is 1.35. The number of rotatable bonds is 4. The van der Waals surface area contributed by atoms with E-state index in [1.807, 2.05) is 16.2 Å². The fraction of sp³-hybridized carbons (Fsp3) is 0.615. The van der Waals surface area contributed by atoms with Gasteiger partial charge < -0.3 is 10.2 Å². The van der Waals surface area contributed by atoms with Gasteiger partial charge in [0.05, 0.1) is 6.54 Å². The number of hydrogen-bond donors (Lipinski definition) is 1. The lowest BCUT2D eigenvalue weighted by molar-refractivity contribution is -0.129. The maximum atomic E-state index is 11.8. The Morgan fingerprint density at radius 3 is 2.71 bits per heavy atom. The van der Waals surface area contributed by atoms with E-state index >= 15 is 0 Å². The number of aryl methyl sites for hydroxylation is 2. The van der Waals surface area contributed by atoms with Crippen LogP contribution < -0.4 is 5.32 Å². The molecule has 2 rings (SSSR count). The Hall–Kier alpha value is -0.870. The Balaban J connectivity index is 1.73. The molecule has 1 fully saturated rings. The minimum atomic E-state index is 0.243. The molecule has 1 N–H and O–H groups in total. The molecule has 0 spiro atoms. The number of nitrogens with zero attached hydrogens (tertiary/aromatic N) is 1. The quantitative estimate of drug-likeness (QED) is 0.890. The summed E-state index contributed by atoms with van der Waals surface area (Å²) in [5.74, 6) is 0.243. The molecule has 3 nitrogen and oxygen atoms in total. The highest BCUT2D eigenvalue weighted by molar-refractivity contribution is 7.12. The summed E-state index contributed by atoms with van der Waals surface area (Å²) in [7, 11) is 0. The average molecular weight is 252 g/mol. The topological polar surface area (TPSA) is 32.3 Å². The fourth-order valence-corrected chi connectivity index (χ4v) is 3.13. The zero-order valence-corrected chi connectivity index (χ0v) is 11.4. The molecule has 17 heavy (non-hydrogen) atoms. The first kappa shape index (κ1) is 12.6. The highest BCUT2D eigenvalue weighted by Gasteiger charge is 2.16. The maximum absolute atomic E-state index is 11.8. The molecule has 94 valence electrons. The first-order chi connectivity index (χ1) is 8.16. The van der Waals surface area contributed by atoms with Gasteiger partial charge in [-0.25, -0.2) is 0 Å². The van der Waals surface area contributed by atoms with Crippen LogP contribution in [0.3, 0.4) is 0 Å². The van der Waals surface area contributed by atoms with Crippen LogP contribution in [0.15, 0.2) is 6.07 Å². The van der Waals surface area contributed by atoms with E-state index in [2.05, 4.69) is 25.2 Å². The first-order valence-electron chi connectivity index (χ1n) is 6.21. The van der Waals surface area contributed by atoms with Crippen LogP contribution in [0, 0.1) is 13.8 Å². The van der Waals surface area contributed by atoms with Gasteiger partial charge in [-0.15, -0.1) is 11.3 Å². The van der Waals surface area contributed by atoms with E-state index < -0.39 is 0 Å². The van der Waals surface area contributed by atoms with Crippen molar-refractivity contribution in [1.82, 2.24) is 10.2 Å². The molecule has 0 radical (unpaired) electrons. The van der Waals surface area contributed by atoms with Crippen molar-refractivity contribution in [2.45, 2.75) is 33.2 Å². The molecule has 0 bridgehead atoms. The molecule has 2 heterocycles. The van der Waals surface area contributed by atoms with E-state index in [1.165, 1.54) is 15.3 Å². The van der Waals surface area contributed by atoms with Crippen LogP contribution in [0.1, 0.15) is 28.2 Å². The molecule has 4 heteroatoms. The summed E-state index contributed by atoms with van der Waals surface area (Å²) in [6, 6.07) is 2.20. The maximum Gasteiger partial charge on any atom is 0.236 e. The van der Waals surface area contributed by atoms with Gasteiger partial charge in [0, 0.05) is 29.4 Å². The predicted molar refractivity (Wildman–Crippen MR) is 71.3 cm³/mol. The van der Waals surface area contributed by atoms with Crippen molar-refractivity contribution in [3.05, 3.63) is 21.4 Å². The molecule has 0 aliphatic carbocycles. The Morgan fingerprint density at radius 1 is 1.41 bits per heavy atom. The fourth-order valence-electron chi connectivity index (χ4n) is 2.11. The molecule has 0 aromatic carbocycles. The lowest BCUT2D eigenvalue weighted by Gasteiger charge is -2.15. The van der Waals surface area contributed by atoms with Crippen molar-refractivity contribution in [1.29, 1.82) is 0 Å². The Morgan fingerprint density at radius 2 is 2.12 bits per heavy atom. The molecule has 1 aromatic heterocycles. The zero-order valence-electron chi connectivity index (χ0n) is 10.6. The third-order valence-corrected chi connectivity index (χ3v) is 4.40. The van der Waals surface area contributed by atoms with Gasteiger partial charge in [-0.3, -0.25) is 4.79 Å².